The van der Waals surface area contributed by atoms with Gasteiger partial charge in [-0.25, -0.2) is 9.97 Å². The predicted molar refractivity (Wildman–Crippen MR) is 69.1 cm³/mol. The Morgan fingerprint density at radius 1 is 1.18 bits per heavy atom. The molecular formula is C11H7BrClN3O. The highest BCUT2D eigenvalue weighted by atomic mass is 79.9. The second-order valence-corrected chi connectivity index (χ2v) is 4.43. The molecule has 1 aromatic carbocycles. The minimum absolute atomic E-state index is 0.252. The van der Waals surface area contributed by atoms with E-state index in [1.165, 1.54) is 12.4 Å². The summed E-state index contributed by atoms with van der Waals surface area (Å²) >= 11 is 8.90. The van der Waals surface area contributed by atoms with Gasteiger partial charge in [0.1, 0.15) is 4.60 Å². The fourth-order valence-corrected chi connectivity index (χ4v) is 1.50. The van der Waals surface area contributed by atoms with E-state index >= 15 is 0 Å². The van der Waals surface area contributed by atoms with Gasteiger partial charge in [-0.15, -0.1) is 0 Å². The SMILES string of the molecule is O=C(Nc1cnc(Br)cn1)c1ccc(Cl)cc1. The van der Waals surface area contributed by atoms with E-state index in [2.05, 4.69) is 31.2 Å². The van der Waals surface area contributed by atoms with Crippen LogP contribution >= 0.6 is 27.5 Å². The molecule has 1 N–H and O–H groups in total. The summed E-state index contributed by atoms with van der Waals surface area (Å²) in [5.74, 6) is 0.145. The second-order valence-electron chi connectivity index (χ2n) is 3.19. The van der Waals surface area contributed by atoms with Crippen LogP contribution in [-0.2, 0) is 0 Å². The van der Waals surface area contributed by atoms with E-state index in [0.717, 1.165) is 0 Å². The third-order valence-electron chi connectivity index (χ3n) is 1.97. The Morgan fingerprint density at radius 2 is 1.88 bits per heavy atom. The van der Waals surface area contributed by atoms with E-state index in [1.807, 2.05) is 0 Å². The summed E-state index contributed by atoms with van der Waals surface area (Å²) in [5.41, 5.74) is 0.513. The molecule has 1 aromatic heterocycles. The molecule has 6 heteroatoms. The van der Waals surface area contributed by atoms with Gasteiger partial charge in [0, 0.05) is 10.6 Å². The molecule has 4 nitrogen and oxygen atoms in total. The molecule has 0 saturated heterocycles. The van der Waals surface area contributed by atoms with Crippen molar-refractivity contribution in [1.29, 1.82) is 0 Å². The van der Waals surface area contributed by atoms with Crippen molar-refractivity contribution in [3.8, 4) is 0 Å². The lowest BCUT2D eigenvalue weighted by molar-refractivity contribution is 0.102. The first-order valence-corrected chi connectivity index (χ1v) is 5.87. The van der Waals surface area contributed by atoms with E-state index in [0.29, 0.717) is 21.0 Å². The Labute approximate surface area is 111 Å². The second kappa shape index (κ2) is 5.25. The van der Waals surface area contributed by atoms with Crippen LogP contribution in [0.25, 0.3) is 0 Å². The first kappa shape index (κ1) is 12.0. The first-order valence-electron chi connectivity index (χ1n) is 4.69. The molecule has 0 unspecified atom stereocenters. The molecule has 0 aliphatic rings. The lowest BCUT2D eigenvalue weighted by Crippen LogP contribution is -2.12. The van der Waals surface area contributed by atoms with Gasteiger partial charge in [0.05, 0.1) is 12.4 Å². The van der Waals surface area contributed by atoms with Crippen LogP contribution in [0, 0.1) is 0 Å². The summed E-state index contributed by atoms with van der Waals surface area (Å²) < 4.78 is 0.613. The van der Waals surface area contributed by atoms with Gasteiger partial charge in [0.2, 0.25) is 0 Å². The average molecular weight is 313 g/mol. The fourth-order valence-electron chi connectivity index (χ4n) is 1.17. The maximum Gasteiger partial charge on any atom is 0.256 e. The van der Waals surface area contributed by atoms with Crippen LogP contribution < -0.4 is 5.32 Å². The molecule has 0 atom stereocenters. The number of aromatic nitrogens is 2. The topological polar surface area (TPSA) is 54.9 Å². The summed E-state index contributed by atoms with van der Waals surface area (Å²) in [5, 5.41) is 3.22. The molecule has 17 heavy (non-hydrogen) atoms. The van der Waals surface area contributed by atoms with Crippen molar-refractivity contribution in [2.45, 2.75) is 0 Å². The monoisotopic (exact) mass is 311 g/mol. The molecule has 0 saturated carbocycles. The maximum absolute atomic E-state index is 11.8. The van der Waals surface area contributed by atoms with Crippen molar-refractivity contribution in [3.05, 3.63) is 51.8 Å². The third-order valence-corrected chi connectivity index (χ3v) is 2.63. The third kappa shape index (κ3) is 3.25. The van der Waals surface area contributed by atoms with Crippen LogP contribution in [0.5, 0.6) is 0 Å². The maximum atomic E-state index is 11.8. The Balaban J connectivity index is 2.11. The number of halogens is 2. The highest BCUT2D eigenvalue weighted by molar-refractivity contribution is 9.10. The molecule has 0 radical (unpaired) electrons. The number of hydrogen-bond acceptors (Lipinski definition) is 3. The molecule has 0 fully saturated rings. The summed E-state index contributed by atoms with van der Waals surface area (Å²) in [6.07, 6.45) is 2.98. The molecule has 0 spiro atoms. The molecule has 2 aromatic rings. The number of amides is 1. The molecule has 1 heterocycles. The Morgan fingerprint density at radius 3 is 2.47 bits per heavy atom. The Kier molecular flexibility index (Phi) is 3.71. The van der Waals surface area contributed by atoms with E-state index in [4.69, 9.17) is 11.6 Å². The molecule has 1 amide bonds. The fraction of sp³-hybridized carbons (Fsp3) is 0. The Bertz CT molecular complexity index is 527. The van der Waals surface area contributed by atoms with Crippen molar-refractivity contribution in [3.63, 3.8) is 0 Å². The van der Waals surface area contributed by atoms with Crippen LogP contribution in [0.15, 0.2) is 41.3 Å². The van der Waals surface area contributed by atoms with Crippen molar-refractivity contribution in [2.75, 3.05) is 5.32 Å². The van der Waals surface area contributed by atoms with Crippen LogP contribution in [0.2, 0.25) is 5.02 Å². The van der Waals surface area contributed by atoms with Gasteiger partial charge in [-0.3, -0.25) is 4.79 Å². The number of nitrogens with one attached hydrogen (secondary N) is 1. The van der Waals surface area contributed by atoms with E-state index in [1.54, 1.807) is 24.3 Å². The average Bonchev–Trinajstić information content (AvgIpc) is 2.33. The van der Waals surface area contributed by atoms with Gasteiger partial charge in [0.25, 0.3) is 5.91 Å². The zero-order chi connectivity index (χ0) is 12.3. The molecule has 86 valence electrons. The highest BCUT2D eigenvalue weighted by Crippen LogP contribution is 2.11. The smallest absolute Gasteiger partial charge is 0.256 e. The van der Waals surface area contributed by atoms with Gasteiger partial charge < -0.3 is 5.32 Å². The zero-order valence-electron chi connectivity index (χ0n) is 8.52. The van der Waals surface area contributed by atoms with Gasteiger partial charge >= 0.3 is 0 Å². The minimum atomic E-state index is -0.252. The van der Waals surface area contributed by atoms with E-state index in [-0.39, 0.29) is 5.91 Å². The van der Waals surface area contributed by atoms with E-state index in [9.17, 15) is 4.79 Å². The number of benzene rings is 1. The lowest BCUT2D eigenvalue weighted by Gasteiger charge is -2.03. The van der Waals surface area contributed by atoms with Crippen LogP contribution in [0.1, 0.15) is 10.4 Å². The number of carbonyl (C=O) groups is 1. The van der Waals surface area contributed by atoms with Crippen molar-refractivity contribution in [2.24, 2.45) is 0 Å². The van der Waals surface area contributed by atoms with Crippen molar-refractivity contribution < 1.29 is 4.79 Å². The van der Waals surface area contributed by atoms with E-state index < -0.39 is 0 Å². The summed E-state index contributed by atoms with van der Waals surface area (Å²) in [4.78, 5) is 19.7. The number of hydrogen-bond donors (Lipinski definition) is 1. The van der Waals surface area contributed by atoms with Crippen molar-refractivity contribution in [1.82, 2.24) is 9.97 Å². The first-order chi connectivity index (χ1) is 8.15. The zero-order valence-corrected chi connectivity index (χ0v) is 10.9. The van der Waals surface area contributed by atoms with Crippen LogP contribution in [0.3, 0.4) is 0 Å². The molecule has 0 bridgehead atoms. The highest BCUT2D eigenvalue weighted by Gasteiger charge is 2.06. The summed E-state index contributed by atoms with van der Waals surface area (Å²) in [6, 6.07) is 6.60. The quantitative estimate of drug-likeness (QED) is 0.927. The van der Waals surface area contributed by atoms with Gasteiger partial charge in [-0.05, 0) is 40.2 Å². The van der Waals surface area contributed by atoms with Gasteiger partial charge in [-0.2, -0.15) is 0 Å². The van der Waals surface area contributed by atoms with Crippen LogP contribution in [-0.4, -0.2) is 15.9 Å². The normalized spacial score (nSPS) is 10.0. The summed E-state index contributed by atoms with van der Waals surface area (Å²) in [7, 11) is 0. The standard InChI is InChI=1S/C11H7BrClN3O/c12-9-5-15-10(6-14-9)16-11(17)7-1-3-8(13)4-2-7/h1-6H,(H,15,16,17). The Hall–Kier alpha value is -1.46. The molecule has 2 rings (SSSR count). The van der Waals surface area contributed by atoms with Gasteiger partial charge in [-0.1, -0.05) is 11.6 Å². The molecule has 0 aliphatic carbocycles. The minimum Gasteiger partial charge on any atom is -0.305 e. The van der Waals surface area contributed by atoms with Gasteiger partial charge in [0.15, 0.2) is 5.82 Å². The lowest BCUT2D eigenvalue weighted by atomic mass is 10.2. The predicted octanol–water partition coefficient (Wildman–Crippen LogP) is 3.14. The largest absolute Gasteiger partial charge is 0.305 e. The molecule has 0 aliphatic heterocycles. The number of anilines is 1. The number of nitrogens with zero attached hydrogens (tertiary/aromatic N) is 2. The van der Waals surface area contributed by atoms with Crippen LogP contribution in [0.4, 0.5) is 5.82 Å². The summed E-state index contributed by atoms with van der Waals surface area (Å²) in [6.45, 7) is 0. The number of carbonyl (C=O) groups excluding carboxylic acids is 1. The van der Waals surface area contributed by atoms with Crippen molar-refractivity contribution >= 4 is 39.3 Å². The number of rotatable bonds is 2. The molecular weight excluding hydrogens is 305 g/mol.